The molecule has 1 aliphatic rings. The number of aliphatic hydroxyl groups excluding tert-OH is 1. The van der Waals surface area contributed by atoms with Gasteiger partial charge in [-0.25, -0.2) is 4.79 Å². The maximum absolute atomic E-state index is 13.8. The smallest absolute Gasteiger partial charge is 0.333 e. The van der Waals surface area contributed by atoms with Crippen molar-refractivity contribution in [3.8, 4) is 17.4 Å². The van der Waals surface area contributed by atoms with Gasteiger partial charge < -0.3 is 19.5 Å². The molecule has 40 heavy (non-hydrogen) atoms. The number of pyridine rings is 1. The molecule has 6 rings (SSSR count). The first kappa shape index (κ1) is 25.7. The van der Waals surface area contributed by atoms with Crippen molar-refractivity contribution in [2.24, 2.45) is 13.0 Å². The molecule has 2 aromatic heterocycles. The van der Waals surface area contributed by atoms with Crippen molar-refractivity contribution in [3.63, 3.8) is 0 Å². The number of ether oxygens (including phenoxy) is 2. The SMILES string of the molecule is Cn1c(=O)n(-c2ccc(OCc3ccccc3)nc2OCc2ccccc2)c2cccc(N3CCC(CO)C3)c21. The van der Waals surface area contributed by atoms with E-state index in [1.807, 2.05) is 84.9 Å². The van der Waals surface area contributed by atoms with Crippen molar-refractivity contribution in [2.45, 2.75) is 19.6 Å². The molecule has 3 aromatic carbocycles. The van der Waals surface area contributed by atoms with Crippen molar-refractivity contribution < 1.29 is 14.6 Å². The Kier molecular flexibility index (Phi) is 7.25. The van der Waals surface area contributed by atoms with Gasteiger partial charge in [0.2, 0.25) is 11.8 Å². The predicted octanol–water partition coefficient (Wildman–Crippen LogP) is 4.70. The molecule has 0 bridgehead atoms. The van der Waals surface area contributed by atoms with Crippen LogP contribution in [-0.4, -0.2) is 38.9 Å². The first-order valence-electron chi connectivity index (χ1n) is 13.5. The zero-order valence-corrected chi connectivity index (χ0v) is 22.4. The van der Waals surface area contributed by atoms with Gasteiger partial charge in [0.1, 0.15) is 18.9 Å². The van der Waals surface area contributed by atoms with E-state index in [4.69, 9.17) is 14.5 Å². The van der Waals surface area contributed by atoms with Gasteiger partial charge in [0.15, 0.2) is 0 Å². The van der Waals surface area contributed by atoms with Crippen LogP contribution in [0.15, 0.2) is 95.8 Å². The van der Waals surface area contributed by atoms with Crippen LogP contribution in [-0.2, 0) is 20.3 Å². The van der Waals surface area contributed by atoms with Crippen LogP contribution in [0.1, 0.15) is 17.5 Å². The minimum Gasteiger partial charge on any atom is -0.473 e. The number of anilines is 1. The monoisotopic (exact) mass is 536 g/mol. The summed E-state index contributed by atoms with van der Waals surface area (Å²) in [7, 11) is 1.79. The third-order valence-electron chi connectivity index (χ3n) is 7.44. The fourth-order valence-electron chi connectivity index (χ4n) is 5.31. The van der Waals surface area contributed by atoms with E-state index in [1.165, 1.54) is 0 Å². The number of aryl methyl sites for hydroxylation is 1. The molecule has 0 amide bonds. The number of aromatic nitrogens is 3. The summed E-state index contributed by atoms with van der Waals surface area (Å²) >= 11 is 0. The molecule has 1 N–H and O–H groups in total. The minimum atomic E-state index is -0.190. The normalized spacial score (nSPS) is 15.1. The van der Waals surface area contributed by atoms with Gasteiger partial charge >= 0.3 is 5.69 Å². The molecule has 3 heterocycles. The second-order valence-corrected chi connectivity index (χ2v) is 10.1. The summed E-state index contributed by atoms with van der Waals surface area (Å²) in [5.41, 5.74) is 4.96. The Morgan fingerprint density at radius 2 is 1.55 bits per heavy atom. The van der Waals surface area contributed by atoms with E-state index in [9.17, 15) is 9.90 Å². The summed E-state index contributed by atoms with van der Waals surface area (Å²) in [5, 5.41) is 9.67. The molecule has 1 unspecified atom stereocenters. The number of aliphatic hydroxyl groups is 1. The average molecular weight is 537 g/mol. The molecule has 0 saturated carbocycles. The number of fused-ring (bicyclic) bond motifs is 1. The molecule has 5 aromatic rings. The number of hydrogen-bond acceptors (Lipinski definition) is 6. The van der Waals surface area contributed by atoms with Crippen LogP contribution in [0.5, 0.6) is 11.8 Å². The molecule has 1 saturated heterocycles. The predicted molar refractivity (Wildman–Crippen MR) is 155 cm³/mol. The van der Waals surface area contributed by atoms with Crippen LogP contribution in [0.3, 0.4) is 0 Å². The molecule has 1 fully saturated rings. The standard InChI is InChI=1S/C32H32N4O4/c1-34-30-26(35-18-17-25(19-35)20-37)13-8-14-27(30)36(32(34)38)28-15-16-29(39-21-23-9-4-2-5-10-23)33-31(28)40-22-24-11-6-3-7-12-24/h2-16,25,37H,17-22H2,1H3. The second-order valence-electron chi connectivity index (χ2n) is 10.1. The van der Waals surface area contributed by atoms with Gasteiger partial charge in [-0.15, -0.1) is 0 Å². The van der Waals surface area contributed by atoms with E-state index in [-0.39, 0.29) is 18.2 Å². The topological polar surface area (TPSA) is 81.8 Å². The summed E-state index contributed by atoms with van der Waals surface area (Å²) < 4.78 is 15.6. The van der Waals surface area contributed by atoms with E-state index < -0.39 is 0 Å². The van der Waals surface area contributed by atoms with Gasteiger partial charge in [-0.2, -0.15) is 4.98 Å². The van der Waals surface area contributed by atoms with Gasteiger partial charge in [-0.1, -0.05) is 66.7 Å². The molecule has 0 spiro atoms. The summed E-state index contributed by atoms with van der Waals surface area (Å²) in [6, 6.07) is 29.3. The lowest BCUT2D eigenvalue weighted by Gasteiger charge is -2.20. The van der Waals surface area contributed by atoms with Gasteiger partial charge in [0.25, 0.3) is 0 Å². The van der Waals surface area contributed by atoms with Gasteiger partial charge in [-0.3, -0.25) is 9.13 Å². The number of imidazole rings is 1. The van der Waals surface area contributed by atoms with E-state index in [0.29, 0.717) is 30.7 Å². The largest absolute Gasteiger partial charge is 0.473 e. The van der Waals surface area contributed by atoms with E-state index in [1.54, 1.807) is 22.2 Å². The van der Waals surface area contributed by atoms with E-state index >= 15 is 0 Å². The molecule has 8 nitrogen and oxygen atoms in total. The Labute approximate surface area is 232 Å². The van der Waals surface area contributed by atoms with Crippen LogP contribution in [0.25, 0.3) is 16.7 Å². The summed E-state index contributed by atoms with van der Waals surface area (Å²) in [6.07, 6.45) is 0.924. The Morgan fingerprint density at radius 3 is 2.23 bits per heavy atom. The van der Waals surface area contributed by atoms with Crippen LogP contribution in [0, 0.1) is 5.92 Å². The minimum absolute atomic E-state index is 0.166. The van der Waals surface area contributed by atoms with Crippen LogP contribution >= 0.6 is 0 Å². The molecule has 1 aliphatic heterocycles. The molecular formula is C32H32N4O4. The quantitative estimate of drug-likeness (QED) is 0.294. The first-order valence-corrected chi connectivity index (χ1v) is 13.5. The van der Waals surface area contributed by atoms with Crippen molar-refractivity contribution in [2.75, 3.05) is 24.6 Å². The molecule has 204 valence electrons. The highest BCUT2D eigenvalue weighted by Crippen LogP contribution is 2.33. The van der Waals surface area contributed by atoms with Crippen molar-refractivity contribution >= 4 is 16.7 Å². The molecule has 1 atom stereocenters. The zero-order valence-electron chi connectivity index (χ0n) is 22.4. The Balaban J connectivity index is 1.40. The van der Waals surface area contributed by atoms with Crippen LogP contribution in [0.2, 0.25) is 0 Å². The maximum atomic E-state index is 13.8. The molecule has 0 aliphatic carbocycles. The highest BCUT2D eigenvalue weighted by Gasteiger charge is 2.26. The van der Waals surface area contributed by atoms with E-state index in [0.717, 1.165) is 47.4 Å². The highest BCUT2D eigenvalue weighted by atomic mass is 16.5. The maximum Gasteiger partial charge on any atom is 0.333 e. The number of rotatable bonds is 9. The number of hydrogen-bond donors (Lipinski definition) is 1. The highest BCUT2D eigenvalue weighted by molar-refractivity contribution is 5.91. The van der Waals surface area contributed by atoms with Gasteiger partial charge in [-0.05, 0) is 35.7 Å². The second kappa shape index (κ2) is 11.3. The summed E-state index contributed by atoms with van der Waals surface area (Å²) in [6.45, 7) is 2.43. The van der Waals surface area contributed by atoms with Crippen LogP contribution in [0.4, 0.5) is 5.69 Å². The number of nitrogens with zero attached hydrogens (tertiary/aromatic N) is 4. The third-order valence-corrected chi connectivity index (χ3v) is 7.44. The lowest BCUT2D eigenvalue weighted by molar-refractivity contribution is 0.238. The number of para-hydroxylation sites is 1. The Bertz CT molecular complexity index is 1660. The Morgan fingerprint density at radius 1 is 0.850 bits per heavy atom. The Hall–Kier alpha value is -4.56. The first-order chi connectivity index (χ1) is 19.6. The number of benzene rings is 3. The van der Waals surface area contributed by atoms with E-state index in [2.05, 4.69) is 4.90 Å². The lowest BCUT2D eigenvalue weighted by atomic mass is 10.1. The molecule has 8 heteroatoms. The third kappa shape index (κ3) is 5.05. The lowest BCUT2D eigenvalue weighted by Crippen LogP contribution is -2.23. The molecule has 0 radical (unpaired) electrons. The fraction of sp³-hybridized carbons (Fsp3) is 0.250. The summed E-state index contributed by atoms with van der Waals surface area (Å²) in [4.78, 5) is 20.7. The fourth-order valence-corrected chi connectivity index (χ4v) is 5.31. The van der Waals surface area contributed by atoms with Gasteiger partial charge in [0, 0.05) is 38.7 Å². The summed E-state index contributed by atoms with van der Waals surface area (Å²) in [5.74, 6) is 0.965. The van der Waals surface area contributed by atoms with Crippen molar-refractivity contribution in [1.82, 2.24) is 14.1 Å². The van der Waals surface area contributed by atoms with Crippen LogP contribution < -0.4 is 20.1 Å². The zero-order chi connectivity index (χ0) is 27.5. The average Bonchev–Trinajstić information content (AvgIpc) is 3.59. The molecular weight excluding hydrogens is 504 g/mol. The van der Waals surface area contributed by atoms with Crippen molar-refractivity contribution in [1.29, 1.82) is 0 Å². The van der Waals surface area contributed by atoms with Gasteiger partial charge in [0.05, 0.1) is 16.7 Å². The van der Waals surface area contributed by atoms with Crippen molar-refractivity contribution in [3.05, 3.63) is 113 Å².